The van der Waals surface area contributed by atoms with E-state index in [1.165, 1.54) is 12.3 Å². The lowest BCUT2D eigenvalue weighted by Crippen LogP contribution is -2.12. The van der Waals surface area contributed by atoms with Gasteiger partial charge in [0.15, 0.2) is 11.7 Å². The van der Waals surface area contributed by atoms with Crippen molar-refractivity contribution in [3.8, 4) is 22.7 Å². The number of carbonyl (C=O) groups excluding carboxylic acids is 1. The van der Waals surface area contributed by atoms with Crippen molar-refractivity contribution < 1.29 is 18.0 Å². The molecule has 33 heavy (non-hydrogen) atoms. The van der Waals surface area contributed by atoms with E-state index in [1.54, 1.807) is 12.1 Å². The Kier molecular flexibility index (Phi) is 5.40. The van der Waals surface area contributed by atoms with Gasteiger partial charge in [0.25, 0.3) is 0 Å². The number of para-hydroxylation sites is 2. The molecule has 0 aliphatic carbocycles. The molecule has 0 bridgehead atoms. The second-order valence-corrected chi connectivity index (χ2v) is 7.47. The molecular weight excluding hydrogens is 426 g/mol. The van der Waals surface area contributed by atoms with Crippen LogP contribution in [-0.4, -0.2) is 20.9 Å². The highest BCUT2D eigenvalue weighted by Crippen LogP contribution is 2.25. The Balaban J connectivity index is 1.19. The van der Waals surface area contributed by atoms with Crippen molar-refractivity contribution in [2.24, 2.45) is 0 Å². The number of halogens is 2. The summed E-state index contributed by atoms with van der Waals surface area (Å²) in [5.74, 6) is -0.376. The number of rotatable bonds is 6. The fourth-order valence-electron chi connectivity index (χ4n) is 3.48. The van der Waals surface area contributed by atoms with E-state index in [0.717, 1.165) is 34.6 Å². The van der Waals surface area contributed by atoms with Crippen molar-refractivity contribution in [2.45, 2.75) is 12.8 Å². The van der Waals surface area contributed by atoms with Crippen LogP contribution in [0.5, 0.6) is 0 Å². The van der Waals surface area contributed by atoms with Crippen LogP contribution in [0.25, 0.3) is 33.7 Å². The van der Waals surface area contributed by atoms with Crippen molar-refractivity contribution in [3.63, 3.8) is 0 Å². The summed E-state index contributed by atoms with van der Waals surface area (Å²) in [5.41, 5.74) is 3.53. The lowest BCUT2D eigenvalue weighted by molar-refractivity contribution is -0.116. The maximum Gasteiger partial charge on any atom is 0.224 e. The standard InChI is InChI=1S/C25H18F2N4O2/c26-16-7-10-18(19(27)13-16)22-14-28-24(33-22)12-11-23(32)29-17-8-5-15(6-9-17)25-30-20-3-1-2-4-21(20)31-25/h1-10,13-14H,11-12H2,(H,29,32)(H,30,31). The number of hydrogen-bond donors (Lipinski definition) is 2. The third-order valence-electron chi connectivity index (χ3n) is 5.15. The number of nitrogens with one attached hydrogen (secondary N) is 2. The average molecular weight is 444 g/mol. The van der Waals surface area contributed by atoms with E-state index >= 15 is 0 Å². The highest BCUT2D eigenvalue weighted by Gasteiger charge is 2.13. The zero-order valence-corrected chi connectivity index (χ0v) is 17.3. The van der Waals surface area contributed by atoms with E-state index in [2.05, 4.69) is 20.3 Å². The van der Waals surface area contributed by atoms with E-state index in [-0.39, 0.29) is 30.1 Å². The number of aromatic amines is 1. The minimum absolute atomic E-state index is 0.115. The second kappa shape index (κ2) is 8.66. The molecule has 0 aliphatic rings. The first kappa shape index (κ1) is 20.6. The Morgan fingerprint density at radius 3 is 2.64 bits per heavy atom. The minimum Gasteiger partial charge on any atom is -0.441 e. The fraction of sp³-hybridized carbons (Fsp3) is 0.0800. The van der Waals surface area contributed by atoms with Crippen LogP contribution in [0.2, 0.25) is 0 Å². The highest BCUT2D eigenvalue weighted by atomic mass is 19.1. The summed E-state index contributed by atoms with van der Waals surface area (Å²) in [6, 6.07) is 18.4. The number of fused-ring (bicyclic) bond motifs is 1. The van der Waals surface area contributed by atoms with Gasteiger partial charge in [-0.2, -0.15) is 0 Å². The number of benzene rings is 3. The van der Waals surface area contributed by atoms with Crippen molar-refractivity contribution in [1.29, 1.82) is 0 Å². The third-order valence-corrected chi connectivity index (χ3v) is 5.15. The molecule has 2 N–H and O–H groups in total. The van der Waals surface area contributed by atoms with Crippen molar-refractivity contribution in [1.82, 2.24) is 15.0 Å². The Labute approximate surface area is 187 Å². The molecule has 8 heteroatoms. The lowest BCUT2D eigenvalue weighted by Gasteiger charge is -2.05. The van der Waals surface area contributed by atoms with Crippen LogP contribution >= 0.6 is 0 Å². The molecule has 3 aromatic carbocycles. The molecule has 2 aromatic heterocycles. The van der Waals surface area contributed by atoms with Crippen LogP contribution in [0, 0.1) is 11.6 Å². The topological polar surface area (TPSA) is 83.8 Å². The zero-order valence-electron chi connectivity index (χ0n) is 17.3. The monoisotopic (exact) mass is 444 g/mol. The summed E-state index contributed by atoms with van der Waals surface area (Å²) in [6.45, 7) is 0. The molecule has 0 atom stereocenters. The van der Waals surface area contributed by atoms with Crippen LogP contribution in [0.1, 0.15) is 12.3 Å². The molecule has 5 aromatic rings. The summed E-state index contributed by atoms with van der Waals surface area (Å²) in [4.78, 5) is 24.2. The molecule has 2 heterocycles. The molecule has 0 fully saturated rings. The Hall–Kier alpha value is -4.33. The van der Waals surface area contributed by atoms with E-state index < -0.39 is 11.6 Å². The SMILES string of the molecule is O=C(CCc1ncc(-c2ccc(F)cc2F)o1)Nc1ccc(-c2nc3ccccc3[nH]2)cc1. The van der Waals surface area contributed by atoms with Gasteiger partial charge in [0, 0.05) is 30.2 Å². The first-order valence-corrected chi connectivity index (χ1v) is 10.3. The van der Waals surface area contributed by atoms with Gasteiger partial charge in [-0.05, 0) is 48.5 Å². The molecule has 0 radical (unpaired) electrons. The largest absolute Gasteiger partial charge is 0.441 e. The Bertz CT molecular complexity index is 1410. The third kappa shape index (κ3) is 4.50. The number of carbonyl (C=O) groups is 1. The average Bonchev–Trinajstić information content (AvgIpc) is 3.45. The van der Waals surface area contributed by atoms with Crippen LogP contribution in [0.4, 0.5) is 14.5 Å². The maximum absolute atomic E-state index is 13.9. The van der Waals surface area contributed by atoms with Gasteiger partial charge in [0.1, 0.15) is 17.5 Å². The molecule has 0 aliphatic heterocycles. The summed E-state index contributed by atoms with van der Waals surface area (Å²) >= 11 is 0. The van der Waals surface area contributed by atoms with Gasteiger partial charge >= 0.3 is 0 Å². The molecule has 0 unspecified atom stereocenters. The normalized spacial score (nSPS) is 11.1. The van der Waals surface area contributed by atoms with Crippen LogP contribution in [0.3, 0.4) is 0 Å². The highest BCUT2D eigenvalue weighted by molar-refractivity contribution is 5.91. The number of hydrogen-bond acceptors (Lipinski definition) is 4. The van der Waals surface area contributed by atoms with Gasteiger partial charge in [0.05, 0.1) is 22.8 Å². The summed E-state index contributed by atoms with van der Waals surface area (Å²) in [6.07, 6.45) is 1.74. The van der Waals surface area contributed by atoms with Gasteiger partial charge in [-0.3, -0.25) is 4.79 Å². The molecule has 0 saturated heterocycles. The molecule has 5 rings (SSSR count). The maximum atomic E-state index is 13.9. The van der Waals surface area contributed by atoms with Gasteiger partial charge in [-0.25, -0.2) is 18.7 Å². The van der Waals surface area contributed by atoms with Crippen LogP contribution in [-0.2, 0) is 11.2 Å². The van der Waals surface area contributed by atoms with Gasteiger partial charge in [-0.15, -0.1) is 0 Å². The predicted molar refractivity (Wildman–Crippen MR) is 120 cm³/mol. The summed E-state index contributed by atoms with van der Waals surface area (Å²) in [5, 5.41) is 2.83. The van der Waals surface area contributed by atoms with Gasteiger partial charge in [-0.1, -0.05) is 12.1 Å². The quantitative estimate of drug-likeness (QED) is 0.350. The molecule has 6 nitrogen and oxygen atoms in total. The van der Waals surface area contributed by atoms with Crippen molar-refractivity contribution in [3.05, 3.63) is 90.5 Å². The lowest BCUT2D eigenvalue weighted by atomic mass is 10.2. The number of aryl methyl sites for hydroxylation is 1. The number of anilines is 1. The fourth-order valence-corrected chi connectivity index (χ4v) is 3.48. The number of imidazole rings is 1. The first-order chi connectivity index (χ1) is 16.0. The second-order valence-electron chi connectivity index (χ2n) is 7.47. The molecule has 0 saturated carbocycles. The number of oxazole rings is 1. The van der Waals surface area contributed by atoms with E-state index in [4.69, 9.17) is 4.42 Å². The van der Waals surface area contributed by atoms with Crippen molar-refractivity contribution in [2.75, 3.05) is 5.32 Å². The first-order valence-electron chi connectivity index (χ1n) is 10.3. The van der Waals surface area contributed by atoms with Crippen LogP contribution < -0.4 is 5.32 Å². The Morgan fingerprint density at radius 2 is 1.85 bits per heavy atom. The van der Waals surface area contributed by atoms with Gasteiger partial charge < -0.3 is 14.7 Å². The predicted octanol–water partition coefficient (Wildman–Crippen LogP) is 5.73. The molecular formula is C25H18F2N4O2. The summed E-state index contributed by atoms with van der Waals surface area (Å²) in [7, 11) is 0. The van der Waals surface area contributed by atoms with E-state index in [0.29, 0.717) is 11.6 Å². The minimum atomic E-state index is -0.735. The number of H-pyrrole nitrogens is 1. The number of nitrogens with zero attached hydrogens (tertiary/aromatic N) is 2. The van der Waals surface area contributed by atoms with E-state index in [1.807, 2.05) is 36.4 Å². The molecule has 1 amide bonds. The number of aromatic nitrogens is 3. The molecule has 0 spiro atoms. The Morgan fingerprint density at radius 1 is 1.03 bits per heavy atom. The smallest absolute Gasteiger partial charge is 0.224 e. The van der Waals surface area contributed by atoms with Gasteiger partial charge in [0.2, 0.25) is 5.91 Å². The van der Waals surface area contributed by atoms with Crippen LogP contribution in [0.15, 0.2) is 77.3 Å². The number of amides is 1. The van der Waals surface area contributed by atoms with E-state index in [9.17, 15) is 13.6 Å². The van der Waals surface area contributed by atoms with Crippen molar-refractivity contribution >= 4 is 22.6 Å². The summed E-state index contributed by atoms with van der Waals surface area (Å²) < 4.78 is 32.5. The zero-order chi connectivity index (χ0) is 22.8. The molecule has 164 valence electrons.